The molecule has 0 radical (unpaired) electrons. The molecule has 1 aliphatic heterocycles. The van der Waals surface area contributed by atoms with Crippen molar-refractivity contribution in [3.8, 4) is 0 Å². The van der Waals surface area contributed by atoms with Crippen LogP contribution in [0.3, 0.4) is 0 Å². The lowest BCUT2D eigenvalue weighted by Crippen LogP contribution is -2.29. The largest absolute Gasteiger partial charge is 0.393 e. The van der Waals surface area contributed by atoms with E-state index in [2.05, 4.69) is 25.6 Å². The van der Waals surface area contributed by atoms with Gasteiger partial charge in [-0.05, 0) is 32.1 Å². The first-order valence-corrected chi connectivity index (χ1v) is 10.1. The van der Waals surface area contributed by atoms with Gasteiger partial charge in [0, 0.05) is 27.5 Å². The second-order valence-corrected chi connectivity index (χ2v) is 7.65. The van der Waals surface area contributed by atoms with Crippen LogP contribution in [0.5, 0.6) is 0 Å². The minimum atomic E-state index is -2.74. The number of aromatic nitrogens is 4. The van der Waals surface area contributed by atoms with Crippen molar-refractivity contribution in [1.82, 2.24) is 19.5 Å². The number of anilines is 3. The first-order chi connectivity index (χ1) is 17.4. The van der Waals surface area contributed by atoms with Crippen LogP contribution in [-0.2, 0) is 4.74 Å². The number of aliphatic hydroxyl groups is 1. The molecule has 1 saturated carbocycles. The van der Waals surface area contributed by atoms with Crippen LogP contribution in [0.15, 0.2) is 18.3 Å². The fraction of sp³-hybridized carbons (Fsp3) is 0.476. The predicted octanol–water partition coefficient (Wildman–Crippen LogP) is 3.66. The van der Waals surface area contributed by atoms with Crippen LogP contribution in [-0.4, -0.2) is 49.9 Å². The summed E-state index contributed by atoms with van der Waals surface area (Å²) in [6, 6.07) is -1.02. The van der Waals surface area contributed by atoms with Crippen LogP contribution in [0.1, 0.15) is 45.0 Å². The van der Waals surface area contributed by atoms with E-state index >= 15 is 0 Å². The Bertz CT molecular complexity index is 1310. The summed E-state index contributed by atoms with van der Waals surface area (Å²) in [5.74, 6) is -4.04. The van der Waals surface area contributed by atoms with Crippen LogP contribution < -0.4 is 10.6 Å². The van der Waals surface area contributed by atoms with Gasteiger partial charge in [0.15, 0.2) is 17.3 Å². The van der Waals surface area contributed by atoms with Gasteiger partial charge in [0.1, 0.15) is 17.0 Å². The first-order valence-electron chi connectivity index (χ1n) is 12.7. The quantitative estimate of drug-likeness (QED) is 0.542. The topological polar surface area (TPSA) is 97.1 Å². The van der Waals surface area contributed by atoms with Crippen molar-refractivity contribution in [2.75, 3.05) is 23.8 Å². The van der Waals surface area contributed by atoms with Crippen LogP contribution in [0.25, 0.3) is 11.2 Å². The average molecular weight is 453 g/mol. The van der Waals surface area contributed by atoms with Gasteiger partial charge in [-0.2, -0.15) is 4.98 Å². The summed E-state index contributed by atoms with van der Waals surface area (Å²) in [5.41, 5.74) is -0.850. The van der Waals surface area contributed by atoms with E-state index in [-0.39, 0.29) is 29.3 Å². The molecule has 1 aliphatic carbocycles. The van der Waals surface area contributed by atoms with Gasteiger partial charge in [0.2, 0.25) is 11.9 Å². The molecule has 3 aromatic rings. The summed E-state index contributed by atoms with van der Waals surface area (Å²) >= 11 is 0. The Labute approximate surface area is 188 Å². The smallest absolute Gasteiger partial charge is 0.224 e. The Morgan fingerprint density at radius 2 is 1.88 bits per heavy atom. The number of nitrogens with one attached hydrogen (secondary N) is 2. The first kappa shape index (κ1) is 15.8. The molecule has 8 nitrogen and oxygen atoms in total. The normalized spacial score (nSPS) is 31.3. The Hall–Kier alpha value is -2.92. The Morgan fingerprint density at radius 3 is 2.56 bits per heavy atom. The molecule has 5 rings (SSSR count). The molecular weight excluding hydrogens is 425 g/mol. The maximum absolute atomic E-state index is 14.4. The standard InChI is InChI=1S/C21H23F3N6O2/c22-11-7-15(23)18(16(24)8-11)28-21-27-17-9-25-20(26-12-1-3-14(31)4-2-12)29-19(17)30(21)13-5-6-32-10-13/h7-9,12-14,31H,1-6,10H2,(H,27,28)(H,25,26,29)/i5D2,6D,10D2. The molecule has 0 spiro atoms. The minimum Gasteiger partial charge on any atom is -0.393 e. The van der Waals surface area contributed by atoms with E-state index in [1.54, 1.807) is 0 Å². The maximum Gasteiger partial charge on any atom is 0.224 e. The highest BCUT2D eigenvalue weighted by Gasteiger charge is 2.27. The van der Waals surface area contributed by atoms with Crippen molar-refractivity contribution in [3.63, 3.8) is 0 Å². The highest BCUT2D eigenvalue weighted by molar-refractivity contribution is 5.76. The maximum atomic E-state index is 14.4. The van der Waals surface area contributed by atoms with E-state index in [4.69, 9.17) is 11.6 Å². The van der Waals surface area contributed by atoms with E-state index in [1.807, 2.05) is 0 Å². The number of benzene rings is 1. The Kier molecular flexibility index (Phi) is 4.22. The molecule has 2 atom stereocenters. The molecule has 2 unspecified atom stereocenters. The van der Waals surface area contributed by atoms with E-state index in [0.29, 0.717) is 37.8 Å². The number of rotatable bonds is 5. The highest BCUT2D eigenvalue weighted by Crippen LogP contribution is 2.32. The lowest BCUT2D eigenvalue weighted by atomic mass is 9.93. The molecule has 2 aliphatic rings. The van der Waals surface area contributed by atoms with E-state index in [9.17, 15) is 18.3 Å². The summed E-state index contributed by atoms with van der Waals surface area (Å²) < 4.78 is 89.5. The number of hydrogen-bond donors (Lipinski definition) is 3. The number of hydrogen-bond acceptors (Lipinski definition) is 7. The summed E-state index contributed by atoms with van der Waals surface area (Å²) in [7, 11) is 0. The predicted molar refractivity (Wildman–Crippen MR) is 111 cm³/mol. The van der Waals surface area contributed by atoms with E-state index < -0.39 is 54.6 Å². The van der Waals surface area contributed by atoms with Gasteiger partial charge in [0.05, 0.1) is 29.0 Å². The third-order valence-electron chi connectivity index (χ3n) is 5.43. The molecule has 3 N–H and O–H groups in total. The van der Waals surface area contributed by atoms with E-state index in [1.165, 1.54) is 6.20 Å². The fourth-order valence-electron chi connectivity index (χ4n) is 3.83. The monoisotopic (exact) mass is 453 g/mol. The van der Waals surface area contributed by atoms with Crippen LogP contribution in [0.4, 0.5) is 30.8 Å². The van der Waals surface area contributed by atoms with Gasteiger partial charge in [-0.15, -0.1) is 0 Å². The van der Waals surface area contributed by atoms with E-state index in [0.717, 1.165) is 4.57 Å². The van der Waals surface area contributed by atoms with Crippen molar-refractivity contribution >= 4 is 28.7 Å². The van der Waals surface area contributed by atoms with Gasteiger partial charge in [-0.1, -0.05) is 0 Å². The number of fused-ring (bicyclic) bond motifs is 1. The zero-order valence-electron chi connectivity index (χ0n) is 21.6. The molecule has 2 aromatic heterocycles. The third kappa shape index (κ3) is 4.09. The summed E-state index contributed by atoms with van der Waals surface area (Å²) in [6.45, 7) is -4.66. The van der Waals surface area contributed by atoms with Crippen molar-refractivity contribution in [3.05, 3.63) is 35.8 Å². The fourth-order valence-corrected chi connectivity index (χ4v) is 3.83. The molecule has 1 saturated heterocycles. The number of imidazole rings is 1. The molecule has 0 bridgehead atoms. The summed E-state index contributed by atoms with van der Waals surface area (Å²) in [5, 5.41) is 15.2. The van der Waals surface area contributed by atoms with Gasteiger partial charge >= 0.3 is 0 Å². The number of nitrogens with zero attached hydrogens (tertiary/aromatic N) is 4. The summed E-state index contributed by atoms with van der Waals surface area (Å²) in [6.07, 6.45) is 0.760. The summed E-state index contributed by atoms with van der Waals surface area (Å²) in [4.78, 5) is 12.8. The number of aliphatic hydroxyl groups excluding tert-OH is 1. The van der Waals surface area contributed by atoms with Gasteiger partial charge in [-0.25, -0.2) is 23.1 Å². The minimum absolute atomic E-state index is 0.0371. The van der Waals surface area contributed by atoms with Crippen LogP contribution in [0.2, 0.25) is 0 Å². The molecule has 1 aromatic carbocycles. The Morgan fingerprint density at radius 1 is 1.12 bits per heavy atom. The Balaban J connectivity index is 1.63. The third-order valence-corrected chi connectivity index (χ3v) is 5.43. The van der Waals surface area contributed by atoms with Crippen molar-refractivity contribution in [2.45, 2.75) is 50.2 Å². The molecule has 11 heteroatoms. The lowest BCUT2D eigenvalue weighted by molar-refractivity contribution is 0.126. The van der Waals surface area contributed by atoms with Gasteiger partial charge in [0.25, 0.3) is 0 Å². The van der Waals surface area contributed by atoms with Crippen LogP contribution >= 0.6 is 0 Å². The molecular formula is C21H23F3N6O2. The van der Waals surface area contributed by atoms with Gasteiger partial charge < -0.3 is 20.5 Å². The number of halogens is 3. The second-order valence-electron chi connectivity index (χ2n) is 7.65. The molecule has 2 fully saturated rings. The molecule has 32 heavy (non-hydrogen) atoms. The van der Waals surface area contributed by atoms with Gasteiger partial charge in [-0.3, -0.25) is 4.57 Å². The average Bonchev–Trinajstić information content (AvgIpc) is 3.21. The second kappa shape index (κ2) is 8.55. The van der Waals surface area contributed by atoms with Crippen molar-refractivity contribution < 1.29 is 29.9 Å². The highest BCUT2D eigenvalue weighted by atomic mass is 19.1. The van der Waals surface area contributed by atoms with Crippen LogP contribution in [0, 0.1) is 17.5 Å². The molecule has 170 valence electrons. The zero-order chi connectivity index (χ0) is 26.7. The van der Waals surface area contributed by atoms with Crippen molar-refractivity contribution in [2.24, 2.45) is 0 Å². The zero-order valence-corrected chi connectivity index (χ0v) is 16.6. The molecule has 3 heterocycles. The lowest BCUT2D eigenvalue weighted by Gasteiger charge is -2.26. The molecule has 0 amide bonds. The van der Waals surface area contributed by atoms with Crippen molar-refractivity contribution in [1.29, 1.82) is 0 Å². The SMILES string of the molecule is [2H]C1OC([2H])([2H])C(n2c(Nc3c(F)cc(F)cc3F)nc3cnc(NC4CCC(O)CC4)nc32)C1([2H])[2H]. The number of ether oxygens (including phenoxy) is 1.